The van der Waals surface area contributed by atoms with Crippen molar-refractivity contribution in [1.82, 2.24) is 20.3 Å². The van der Waals surface area contributed by atoms with Crippen molar-refractivity contribution in [2.75, 3.05) is 23.8 Å². The Morgan fingerprint density at radius 3 is 2.56 bits per heavy atom. The van der Waals surface area contributed by atoms with E-state index in [4.69, 9.17) is 9.47 Å². The molecule has 2 aromatic carbocycles. The van der Waals surface area contributed by atoms with Crippen LogP contribution in [0.25, 0.3) is 5.69 Å². The number of fused-ring (bicyclic) bond motifs is 1. The summed E-state index contributed by atoms with van der Waals surface area (Å²) >= 11 is 0. The highest BCUT2D eigenvalue weighted by Gasteiger charge is 2.25. The summed E-state index contributed by atoms with van der Waals surface area (Å²) in [6.45, 7) is 14.3. The second-order valence-corrected chi connectivity index (χ2v) is 11.7. The molecule has 0 bridgehead atoms. The maximum absolute atomic E-state index is 13.3. The van der Waals surface area contributed by atoms with Gasteiger partial charge in [0.25, 0.3) is 17.7 Å². The van der Waals surface area contributed by atoms with Crippen molar-refractivity contribution in [1.29, 1.82) is 0 Å². The molecule has 3 N–H and O–H groups in total. The number of hydrogen-bond acceptors (Lipinski definition) is 7. The first-order valence-corrected chi connectivity index (χ1v) is 12.6. The minimum absolute atomic E-state index is 0.0282. The molecule has 0 saturated carbocycles. The fourth-order valence-corrected chi connectivity index (χ4v) is 3.80. The lowest BCUT2D eigenvalue weighted by Gasteiger charge is -2.26. The molecule has 11 nitrogen and oxygen atoms in total. The van der Waals surface area contributed by atoms with Gasteiger partial charge in [-0.25, -0.2) is 9.48 Å². The Kier molecular flexibility index (Phi) is 7.36. The fraction of sp³-hybridized carbons (Fsp3) is 0.393. The third-order valence-electron chi connectivity index (χ3n) is 5.98. The smallest absolute Gasteiger partial charge is 0.414 e. The Labute approximate surface area is 227 Å². The van der Waals surface area contributed by atoms with Gasteiger partial charge in [-0.1, -0.05) is 57.9 Å². The number of nitrogens with zero attached hydrogens (tertiary/aromatic N) is 3. The predicted octanol–water partition coefficient (Wildman–Crippen LogP) is 4.59. The molecule has 0 unspecified atom stereocenters. The van der Waals surface area contributed by atoms with Gasteiger partial charge < -0.3 is 25.4 Å². The number of amides is 3. The summed E-state index contributed by atoms with van der Waals surface area (Å²) < 4.78 is 12.3. The summed E-state index contributed by atoms with van der Waals surface area (Å²) in [5, 5.41) is 16.4. The molecule has 0 radical (unpaired) electrons. The van der Waals surface area contributed by atoms with Gasteiger partial charge in [-0.05, 0) is 53.1 Å². The van der Waals surface area contributed by atoms with Gasteiger partial charge in [-0.2, -0.15) is 0 Å². The lowest BCUT2D eigenvalue weighted by Crippen LogP contribution is -2.34. The van der Waals surface area contributed by atoms with Gasteiger partial charge in [0.2, 0.25) is 0 Å². The third kappa shape index (κ3) is 6.73. The number of hydrogen-bond donors (Lipinski definition) is 3. The van der Waals surface area contributed by atoms with E-state index >= 15 is 0 Å². The van der Waals surface area contributed by atoms with Crippen molar-refractivity contribution in [3.63, 3.8) is 0 Å². The first-order valence-electron chi connectivity index (χ1n) is 12.6. The highest BCUT2D eigenvalue weighted by atomic mass is 16.6. The Morgan fingerprint density at radius 1 is 1.13 bits per heavy atom. The zero-order valence-corrected chi connectivity index (χ0v) is 23.3. The average molecular weight is 535 g/mol. The van der Waals surface area contributed by atoms with E-state index in [1.807, 2.05) is 60.6 Å². The van der Waals surface area contributed by atoms with Gasteiger partial charge in [0.15, 0.2) is 12.4 Å². The van der Waals surface area contributed by atoms with E-state index < -0.39 is 6.09 Å². The van der Waals surface area contributed by atoms with Crippen LogP contribution in [0.1, 0.15) is 63.0 Å². The van der Waals surface area contributed by atoms with Crippen LogP contribution in [0.5, 0.6) is 11.6 Å². The van der Waals surface area contributed by atoms with Crippen LogP contribution in [0.4, 0.5) is 16.2 Å². The van der Waals surface area contributed by atoms with Crippen molar-refractivity contribution >= 4 is 29.3 Å². The molecule has 11 heteroatoms. The molecular weight excluding hydrogens is 500 g/mol. The number of rotatable bonds is 5. The summed E-state index contributed by atoms with van der Waals surface area (Å²) in [7, 11) is 0. The number of carbonyl (C=O) groups excluding carboxylic acids is 3. The van der Waals surface area contributed by atoms with Crippen LogP contribution >= 0.6 is 0 Å². The van der Waals surface area contributed by atoms with Crippen LogP contribution in [0.15, 0.2) is 36.5 Å². The van der Waals surface area contributed by atoms with Crippen molar-refractivity contribution in [2.45, 2.75) is 53.9 Å². The minimum Gasteiger partial charge on any atom is -0.479 e. The summed E-state index contributed by atoms with van der Waals surface area (Å²) in [4.78, 5) is 37.4. The van der Waals surface area contributed by atoms with E-state index in [0.29, 0.717) is 34.9 Å². The van der Waals surface area contributed by atoms with Crippen LogP contribution in [0.3, 0.4) is 0 Å². The molecule has 0 saturated heterocycles. The van der Waals surface area contributed by atoms with Gasteiger partial charge >= 0.3 is 6.09 Å². The fourth-order valence-electron chi connectivity index (χ4n) is 3.80. The number of anilines is 2. The second-order valence-electron chi connectivity index (χ2n) is 11.7. The van der Waals surface area contributed by atoms with E-state index in [1.54, 1.807) is 18.2 Å². The van der Waals surface area contributed by atoms with Gasteiger partial charge in [-0.3, -0.25) is 9.59 Å². The first-order chi connectivity index (χ1) is 18.2. The molecule has 0 fully saturated rings. The molecular formula is C28H34N6O5. The van der Waals surface area contributed by atoms with Crippen molar-refractivity contribution in [3.8, 4) is 17.3 Å². The third-order valence-corrected chi connectivity index (χ3v) is 5.98. The van der Waals surface area contributed by atoms with E-state index in [9.17, 15) is 14.4 Å². The molecule has 39 heavy (non-hydrogen) atoms. The van der Waals surface area contributed by atoms with Gasteiger partial charge in [-0.15, -0.1) is 0 Å². The van der Waals surface area contributed by atoms with Crippen LogP contribution in [-0.4, -0.2) is 46.1 Å². The van der Waals surface area contributed by atoms with Gasteiger partial charge in [0, 0.05) is 12.1 Å². The Balaban J connectivity index is 1.56. The molecule has 2 heterocycles. The first kappa shape index (κ1) is 27.6. The number of ether oxygens (including phenoxy) is 2. The number of carbonyl (C=O) groups is 3. The molecule has 206 valence electrons. The number of benzene rings is 2. The Hall–Kier alpha value is -4.41. The van der Waals surface area contributed by atoms with E-state index in [0.717, 1.165) is 11.1 Å². The normalized spacial score (nSPS) is 13.2. The number of nitrogens with one attached hydrogen (secondary N) is 3. The maximum Gasteiger partial charge on any atom is 0.414 e. The predicted molar refractivity (Wildman–Crippen MR) is 147 cm³/mol. The van der Waals surface area contributed by atoms with Crippen molar-refractivity contribution < 1.29 is 23.9 Å². The maximum atomic E-state index is 13.3. The summed E-state index contributed by atoms with van der Waals surface area (Å²) in [5.74, 6) is -0.188. The van der Waals surface area contributed by atoms with Crippen LogP contribution in [0, 0.1) is 12.3 Å². The summed E-state index contributed by atoms with van der Waals surface area (Å²) in [6, 6.07) is 8.88. The average Bonchev–Trinajstić information content (AvgIpc) is 3.29. The molecule has 1 aliphatic rings. The van der Waals surface area contributed by atoms with E-state index in [2.05, 4.69) is 26.3 Å². The highest BCUT2D eigenvalue weighted by Crippen LogP contribution is 2.40. The summed E-state index contributed by atoms with van der Waals surface area (Å²) in [6.07, 6.45) is 0.849. The molecule has 3 amide bonds. The highest BCUT2D eigenvalue weighted by molar-refractivity contribution is 6.07. The lowest BCUT2D eigenvalue weighted by molar-refractivity contribution is -0.118. The molecule has 1 aromatic heterocycles. The Bertz CT molecular complexity index is 1430. The summed E-state index contributed by atoms with van der Waals surface area (Å²) in [5.41, 5.74) is 3.36. The van der Waals surface area contributed by atoms with Gasteiger partial charge in [0.1, 0.15) is 0 Å². The molecule has 3 aromatic rings. The van der Waals surface area contributed by atoms with Crippen molar-refractivity contribution in [2.24, 2.45) is 5.41 Å². The zero-order valence-electron chi connectivity index (χ0n) is 23.3. The Morgan fingerprint density at radius 2 is 1.87 bits per heavy atom. The SMILES string of the molecule is Cc1ccc(C(=O)Nc2cc(C(C)(C)C)cc3c2OCC(=O)N3)cc1-n1cc(OC(=O)NCC(C)(C)C)nn1. The van der Waals surface area contributed by atoms with E-state index in [1.165, 1.54) is 10.9 Å². The number of aromatic nitrogens is 3. The lowest BCUT2D eigenvalue weighted by atomic mass is 9.86. The molecule has 4 rings (SSSR count). The minimum atomic E-state index is -0.624. The van der Waals surface area contributed by atoms with Gasteiger partial charge in [0.05, 0.1) is 23.3 Å². The van der Waals surface area contributed by atoms with E-state index in [-0.39, 0.29) is 35.1 Å². The monoisotopic (exact) mass is 534 g/mol. The number of aryl methyl sites for hydroxylation is 1. The van der Waals surface area contributed by atoms with Crippen LogP contribution in [0.2, 0.25) is 0 Å². The standard InChI is InChI=1S/C28H34N6O5/c1-16-8-9-17(10-21(16)34-13-23(32-33-34)39-26(37)29-15-27(2,3)4)25(36)31-20-12-18(28(5,6)7)11-19-24(20)38-14-22(35)30-19/h8-13H,14-15H2,1-7H3,(H,29,37)(H,30,35)(H,31,36). The zero-order chi connectivity index (χ0) is 28.5. The second kappa shape index (κ2) is 10.4. The molecule has 0 aliphatic carbocycles. The largest absolute Gasteiger partial charge is 0.479 e. The van der Waals surface area contributed by atoms with Crippen LogP contribution in [-0.2, 0) is 10.2 Å². The molecule has 0 spiro atoms. The molecule has 0 atom stereocenters. The van der Waals surface area contributed by atoms with Crippen molar-refractivity contribution in [3.05, 3.63) is 53.2 Å². The van der Waals surface area contributed by atoms with Crippen LogP contribution < -0.4 is 25.4 Å². The molecule has 1 aliphatic heterocycles. The quantitative estimate of drug-likeness (QED) is 0.435. The topological polar surface area (TPSA) is 136 Å².